The average Bonchev–Trinajstić information content (AvgIpc) is 2.64. The van der Waals surface area contributed by atoms with Crippen molar-refractivity contribution < 1.29 is 21.6 Å². The fraction of sp³-hybridized carbons (Fsp3) is 0.357. The molecule has 2 aromatic rings. The van der Waals surface area contributed by atoms with E-state index in [2.05, 4.69) is 9.82 Å². The van der Waals surface area contributed by atoms with Gasteiger partial charge >= 0.3 is 6.18 Å². The molecule has 0 fully saturated rings. The zero-order chi connectivity index (χ0) is 17.6. The molecule has 0 aliphatic rings. The highest BCUT2D eigenvalue weighted by molar-refractivity contribution is 7.92. The highest BCUT2D eigenvalue weighted by Gasteiger charge is 2.33. The number of sulfonamides is 1. The molecule has 0 aliphatic heterocycles. The molecule has 0 aliphatic carbocycles. The number of anilines is 1. The van der Waals surface area contributed by atoms with Gasteiger partial charge in [-0.25, -0.2) is 8.42 Å². The molecular weight excluding hydrogens is 331 g/mol. The van der Waals surface area contributed by atoms with E-state index in [1.165, 1.54) is 11.6 Å². The Morgan fingerprint density at radius 2 is 1.78 bits per heavy atom. The van der Waals surface area contributed by atoms with Crippen LogP contribution in [0.15, 0.2) is 23.1 Å². The summed E-state index contributed by atoms with van der Waals surface area (Å²) in [5, 5.41) is 4.07. The first-order chi connectivity index (χ1) is 10.4. The van der Waals surface area contributed by atoms with Crippen molar-refractivity contribution in [2.75, 3.05) is 4.72 Å². The number of hydrogen-bond donors (Lipinski definition) is 1. The van der Waals surface area contributed by atoms with E-state index in [-0.39, 0.29) is 11.3 Å². The van der Waals surface area contributed by atoms with Crippen molar-refractivity contribution in [3.05, 3.63) is 40.7 Å². The molecule has 126 valence electrons. The third-order valence-electron chi connectivity index (χ3n) is 3.57. The molecule has 0 saturated carbocycles. The first kappa shape index (κ1) is 17.3. The van der Waals surface area contributed by atoms with Gasteiger partial charge in [0.25, 0.3) is 10.0 Å². The van der Waals surface area contributed by atoms with Gasteiger partial charge in [-0.2, -0.15) is 18.3 Å². The lowest BCUT2D eigenvalue weighted by Gasteiger charge is -2.13. The van der Waals surface area contributed by atoms with Crippen LogP contribution in [0.25, 0.3) is 0 Å². The van der Waals surface area contributed by atoms with Crippen molar-refractivity contribution in [3.63, 3.8) is 0 Å². The number of aryl methyl sites for hydroxylation is 3. The van der Waals surface area contributed by atoms with Gasteiger partial charge in [-0.15, -0.1) is 0 Å². The van der Waals surface area contributed by atoms with Crippen LogP contribution in [-0.4, -0.2) is 18.2 Å². The maximum absolute atomic E-state index is 12.9. The lowest BCUT2D eigenvalue weighted by atomic mass is 10.1. The molecule has 9 heteroatoms. The molecule has 1 heterocycles. The second kappa shape index (κ2) is 5.55. The fourth-order valence-electron chi connectivity index (χ4n) is 2.19. The minimum Gasteiger partial charge on any atom is -0.276 e. The number of nitrogens with zero attached hydrogens (tertiary/aromatic N) is 2. The summed E-state index contributed by atoms with van der Waals surface area (Å²) in [5.74, 6) is 0. The van der Waals surface area contributed by atoms with Crippen molar-refractivity contribution in [3.8, 4) is 0 Å². The summed E-state index contributed by atoms with van der Waals surface area (Å²) in [7, 11) is -2.50. The largest absolute Gasteiger partial charge is 0.416 e. The van der Waals surface area contributed by atoms with Crippen LogP contribution in [0.5, 0.6) is 0 Å². The van der Waals surface area contributed by atoms with Gasteiger partial charge in [0.2, 0.25) is 0 Å². The van der Waals surface area contributed by atoms with Crippen LogP contribution in [0.2, 0.25) is 0 Å². The summed E-state index contributed by atoms with van der Waals surface area (Å²) in [6.07, 6.45) is -4.62. The zero-order valence-electron chi connectivity index (χ0n) is 13.0. The predicted octanol–water partition coefficient (Wildman–Crippen LogP) is 3.16. The number of alkyl halides is 3. The van der Waals surface area contributed by atoms with Crippen LogP contribution in [0.1, 0.15) is 22.5 Å². The Balaban J connectivity index is 2.49. The van der Waals surface area contributed by atoms with Crippen LogP contribution in [0.3, 0.4) is 0 Å². The number of hydrogen-bond acceptors (Lipinski definition) is 3. The summed E-state index contributed by atoms with van der Waals surface area (Å²) in [6, 6.07) is 2.92. The van der Waals surface area contributed by atoms with E-state index in [0.29, 0.717) is 17.5 Å². The van der Waals surface area contributed by atoms with Crippen molar-refractivity contribution >= 4 is 15.7 Å². The average molecular weight is 347 g/mol. The molecule has 0 amide bonds. The predicted molar refractivity (Wildman–Crippen MR) is 79.7 cm³/mol. The smallest absolute Gasteiger partial charge is 0.276 e. The normalized spacial score (nSPS) is 12.5. The summed E-state index contributed by atoms with van der Waals surface area (Å²) in [4.78, 5) is -0.446. The molecular formula is C14H16F3N3O2S. The van der Waals surface area contributed by atoms with Gasteiger partial charge in [-0.3, -0.25) is 9.40 Å². The van der Waals surface area contributed by atoms with Gasteiger partial charge in [0.05, 0.1) is 27.5 Å². The Hall–Kier alpha value is -2.03. The molecule has 0 unspecified atom stereocenters. The molecule has 0 spiro atoms. The van der Waals surface area contributed by atoms with Crippen molar-refractivity contribution in [2.24, 2.45) is 7.05 Å². The van der Waals surface area contributed by atoms with E-state index in [1.54, 1.807) is 20.9 Å². The Morgan fingerprint density at radius 1 is 1.17 bits per heavy atom. The second-order valence-electron chi connectivity index (χ2n) is 5.25. The Labute approximate surface area is 132 Å². The van der Waals surface area contributed by atoms with Gasteiger partial charge < -0.3 is 0 Å². The third kappa shape index (κ3) is 3.34. The molecule has 0 saturated heterocycles. The van der Waals surface area contributed by atoms with Crippen LogP contribution in [0, 0.1) is 20.8 Å². The molecule has 0 radical (unpaired) electrons. The summed E-state index contributed by atoms with van der Waals surface area (Å²) >= 11 is 0. The lowest BCUT2D eigenvalue weighted by molar-refractivity contribution is -0.138. The lowest BCUT2D eigenvalue weighted by Crippen LogP contribution is -2.16. The highest BCUT2D eigenvalue weighted by atomic mass is 32.2. The van der Waals surface area contributed by atoms with Gasteiger partial charge in [-0.1, -0.05) is 6.07 Å². The number of benzene rings is 1. The van der Waals surface area contributed by atoms with E-state index in [1.807, 2.05) is 0 Å². The van der Waals surface area contributed by atoms with Gasteiger partial charge in [0.1, 0.15) is 0 Å². The highest BCUT2D eigenvalue weighted by Crippen LogP contribution is 2.33. The van der Waals surface area contributed by atoms with Crippen LogP contribution in [0.4, 0.5) is 18.9 Å². The topological polar surface area (TPSA) is 64.0 Å². The maximum atomic E-state index is 12.9. The minimum absolute atomic E-state index is 0.0369. The van der Waals surface area contributed by atoms with Gasteiger partial charge in [-0.05, 0) is 38.5 Å². The zero-order valence-corrected chi connectivity index (χ0v) is 13.8. The van der Waals surface area contributed by atoms with Gasteiger partial charge in [0, 0.05) is 7.05 Å². The summed E-state index contributed by atoms with van der Waals surface area (Å²) in [5.41, 5.74) is 0.262. The molecule has 1 aromatic heterocycles. The molecule has 0 bridgehead atoms. The van der Waals surface area contributed by atoms with E-state index in [9.17, 15) is 21.6 Å². The molecule has 0 atom stereocenters. The summed E-state index contributed by atoms with van der Waals surface area (Å²) in [6.45, 7) is 4.55. The number of rotatable bonds is 3. The third-order valence-corrected chi connectivity index (χ3v) is 4.92. The number of nitrogens with one attached hydrogen (secondary N) is 1. The summed E-state index contributed by atoms with van der Waals surface area (Å²) < 4.78 is 67.4. The Bertz CT molecular complexity index is 855. The molecule has 1 aromatic carbocycles. The maximum Gasteiger partial charge on any atom is 0.416 e. The van der Waals surface area contributed by atoms with Crippen molar-refractivity contribution in [1.82, 2.24) is 9.78 Å². The van der Waals surface area contributed by atoms with E-state index < -0.39 is 26.7 Å². The number of halogens is 3. The van der Waals surface area contributed by atoms with Crippen LogP contribution < -0.4 is 4.72 Å². The monoisotopic (exact) mass is 347 g/mol. The van der Waals surface area contributed by atoms with Gasteiger partial charge in [0.15, 0.2) is 0 Å². The fourth-order valence-corrected chi connectivity index (χ4v) is 3.39. The molecule has 23 heavy (non-hydrogen) atoms. The molecule has 1 N–H and O–H groups in total. The first-order valence-corrected chi connectivity index (χ1v) is 8.12. The molecule has 2 rings (SSSR count). The van der Waals surface area contributed by atoms with Crippen molar-refractivity contribution in [2.45, 2.75) is 31.8 Å². The Morgan fingerprint density at radius 3 is 2.26 bits per heavy atom. The van der Waals surface area contributed by atoms with Crippen LogP contribution in [-0.2, 0) is 23.2 Å². The quantitative estimate of drug-likeness (QED) is 0.928. The number of aromatic nitrogens is 2. The van der Waals surface area contributed by atoms with E-state index in [0.717, 1.165) is 12.1 Å². The minimum atomic E-state index is -4.62. The van der Waals surface area contributed by atoms with E-state index in [4.69, 9.17) is 0 Å². The first-order valence-electron chi connectivity index (χ1n) is 6.64. The second-order valence-corrected chi connectivity index (χ2v) is 6.93. The Kier molecular flexibility index (Phi) is 4.18. The van der Waals surface area contributed by atoms with Crippen LogP contribution >= 0.6 is 0 Å². The van der Waals surface area contributed by atoms with Crippen molar-refractivity contribution in [1.29, 1.82) is 0 Å². The standard InChI is InChI=1S/C14H16F3N3O2S/c1-8-5-6-11(7-12(8)14(15,16)17)23(21,22)19-13-9(2)18-20(4)10(13)3/h5-7,19H,1-4H3. The van der Waals surface area contributed by atoms with E-state index >= 15 is 0 Å². The SMILES string of the molecule is Cc1ccc(S(=O)(=O)Nc2c(C)nn(C)c2C)cc1C(F)(F)F. The molecule has 5 nitrogen and oxygen atoms in total.